The fourth-order valence-electron chi connectivity index (χ4n) is 2.86. The van der Waals surface area contributed by atoms with E-state index in [0.717, 1.165) is 37.1 Å². The Kier molecular flexibility index (Phi) is 6.96. The Morgan fingerprint density at radius 2 is 2.29 bits per heavy atom. The molecule has 118 valence electrons. The normalized spacial score (nSPS) is 19.0. The average molecular weight is 357 g/mol. The number of nitrogens with zero attached hydrogens (tertiary/aromatic N) is 1. The minimum absolute atomic E-state index is 0.225. The van der Waals surface area contributed by atoms with Crippen LogP contribution in [0.15, 0.2) is 22.7 Å². The van der Waals surface area contributed by atoms with Crippen molar-refractivity contribution in [2.45, 2.75) is 31.8 Å². The molecule has 1 heterocycles. The van der Waals surface area contributed by atoms with Crippen LogP contribution < -0.4 is 10.2 Å². The van der Waals surface area contributed by atoms with E-state index in [1.54, 1.807) is 7.11 Å². The number of benzene rings is 1. The van der Waals surface area contributed by atoms with Gasteiger partial charge in [-0.25, -0.2) is 0 Å². The standard InChI is InChI=1S/C16H25BrN2O2/c1-21-9-7-18-11-13-5-6-14(17)10-16(13)19-8-3-2-4-15(19)12-20/h5-6,10,15,18,20H,2-4,7-9,11-12H2,1H3. The second kappa shape index (κ2) is 8.73. The highest BCUT2D eigenvalue weighted by atomic mass is 79.9. The topological polar surface area (TPSA) is 44.7 Å². The molecule has 0 aromatic heterocycles. The second-order valence-electron chi connectivity index (χ2n) is 5.47. The number of ether oxygens (including phenoxy) is 1. The van der Waals surface area contributed by atoms with Crippen molar-refractivity contribution in [3.05, 3.63) is 28.2 Å². The molecule has 0 spiro atoms. The lowest BCUT2D eigenvalue weighted by molar-refractivity contribution is 0.199. The molecule has 4 nitrogen and oxygen atoms in total. The van der Waals surface area contributed by atoms with Gasteiger partial charge in [0.1, 0.15) is 0 Å². The Morgan fingerprint density at radius 1 is 1.43 bits per heavy atom. The lowest BCUT2D eigenvalue weighted by Gasteiger charge is -2.38. The van der Waals surface area contributed by atoms with Crippen molar-refractivity contribution in [1.29, 1.82) is 0 Å². The number of hydrogen-bond acceptors (Lipinski definition) is 4. The summed E-state index contributed by atoms with van der Waals surface area (Å²) in [7, 11) is 1.71. The lowest BCUT2D eigenvalue weighted by Crippen LogP contribution is -2.42. The van der Waals surface area contributed by atoms with Crippen LogP contribution in [0.5, 0.6) is 0 Å². The van der Waals surface area contributed by atoms with Gasteiger partial charge in [-0.1, -0.05) is 22.0 Å². The number of aliphatic hydroxyl groups excluding tert-OH is 1. The van der Waals surface area contributed by atoms with Gasteiger partial charge in [-0.05, 0) is 37.0 Å². The number of piperidine rings is 1. The summed E-state index contributed by atoms with van der Waals surface area (Å²) < 4.78 is 6.15. The van der Waals surface area contributed by atoms with E-state index in [1.165, 1.54) is 24.1 Å². The predicted octanol–water partition coefficient (Wildman–Crippen LogP) is 2.54. The van der Waals surface area contributed by atoms with Crippen LogP contribution >= 0.6 is 15.9 Å². The summed E-state index contributed by atoms with van der Waals surface area (Å²) in [6.45, 7) is 3.63. The van der Waals surface area contributed by atoms with E-state index >= 15 is 0 Å². The molecule has 2 rings (SSSR count). The van der Waals surface area contributed by atoms with Gasteiger partial charge >= 0.3 is 0 Å². The van der Waals surface area contributed by atoms with Crippen LogP contribution in [0.25, 0.3) is 0 Å². The molecular weight excluding hydrogens is 332 g/mol. The number of hydrogen-bond donors (Lipinski definition) is 2. The summed E-state index contributed by atoms with van der Waals surface area (Å²) in [6.07, 6.45) is 3.47. The summed E-state index contributed by atoms with van der Waals surface area (Å²) in [4.78, 5) is 2.36. The molecule has 1 aliphatic rings. The van der Waals surface area contributed by atoms with Gasteiger partial charge in [0.15, 0.2) is 0 Å². The highest BCUT2D eigenvalue weighted by Gasteiger charge is 2.23. The van der Waals surface area contributed by atoms with Gasteiger partial charge in [-0.2, -0.15) is 0 Å². The molecule has 0 saturated carbocycles. The molecule has 1 fully saturated rings. The van der Waals surface area contributed by atoms with Crippen molar-refractivity contribution in [3.8, 4) is 0 Å². The van der Waals surface area contributed by atoms with Crippen molar-refractivity contribution in [3.63, 3.8) is 0 Å². The van der Waals surface area contributed by atoms with Crippen LogP contribution in [0.2, 0.25) is 0 Å². The van der Waals surface area contributed by atoms with Crippen LogP contribution in [0.1, 0.15) is 24.8 Å². The van der Waals surface area contributed by atoms with Gasteiger partial charge < -0.3 is 20.1 Å². The smallest absolute Gasteiger partial charge is 0.0635 e. The van der Waals surface area contributed by atoms with E-state index < -0.39 is 0 Å². The maximum atomic E-state index is 9.64. The molecule has 0 radical (unpaired) electrons. The van der Waals surface area contributed by atoms with Crippen LogP contribution in [-0.2, 0) is 11.3 Å². The molecule has 5 heteroatoms. The van der Waals surface area contributed by atoms with Gasteiger partial charge in [0.25, 0.3) is 0 Å². The first kappa shape index (κ1) is 16.7. The Hall–Kier alpha value is -0.620. The van der Waals surface area contributed by atoms with Gasteiger partial charge in [0, 0.05) is 36.9 Å². The zero-order valence-corrected chi connectivity index (χ0v) is 14.2. The third-order valence-corrected chi connectivity index (χ3v) is 4.49. The van der Waals surface area contributed by atoms with Gasteiger partial charge in [-0.3, -0.25) is 0 Å². The molecular formula is C16H25BrN2O2. The second-order valence-corrected chi connectivity index (χ2v) is 6.38. The van der Waals surface area contributed by atoms with E-state index in [-0.39, 0.29) is 12.6 Å². The van der Waals surface area contributed by atoms with E-state index in [0.29, 0.717) is 0 Å². The molecule has 0 amide bonds. The quantitative estimate of drug-likeness (QED) is 0.737. The Labute approximate surface area is 135 Å². The maximum Gasteiger partial charge on any atom is 0.0635 e. The monoisotopic (exact) mass is 356 g/mol. The van der Waals surface area contributed by atoms with Crippen molar-refractivity contribution in [2.24, 2.45) is 0 Å². The molecule has 1 aromatic carbocycles. The molecule has 1 aliphatic heterocycles. The number of methoxy groups -OCH3 is 1. The Bertz CT molecular complexity index is 442. The molecule has 1 atom stereocenters. The first-order valence-corrected chi connectivity index (χ1v) is 8.41. The first-order valence-electron chi connectivity index (χ1n) is 7.62. The number of nitrogens with one attached hydrogen (secondary N) is 1. The van der Waals surface area contributed by atoms with Crippen molar-refractivity contribution < 1.29 is 9.84 Å². The Balaban J connectivity index is 2.13. The maximum absolute atomic E-state index is 9.64. The highest BCUT2D eigenvalue weighted by molar-refractivity contribution is 9.10. The van der Waals surface area contributed by atoms with Gasteiger partial charge in [0.2, 0.25) is 0 Å². The molecule has 0 aliphatic carbocycles. The fraction of sp³-hybridized carbons (Fsp3) is 0.625. The summed E-state index contributed by atoms with van der Waals surface area (Å²) in [5, 5.41) is 13.0. The van der Waals surface area contributed by atoms with Crippen LogP contribution in [-0.4, -0.2) is 44.6 Å². The van der Waals surface area contributed by atoms with E-state index in [9.17, 15) is 5.11 Å². The third-order valence-electron chi connectivity index (χ3n) is 3.99. The van der Waals surface area contributed by atoms with Crippen LogP contribution in [0.3, 0.4) is 0 Å². The summed E-state index contributed by atoms with van der Waals surface area (Å²) in [6, 6.07) is 6.64. The molecule has 2 N–H and O–H groups in total. The number of halogens is 1. The average Bonchev–Trinajstić information content (AvgIpc) is 2.52. The van der Waals surface area contributed by atoms with E-state index in [1.807, 2.05) is 0 Å². The number of rotatable bonds is 7. The van der Waals surface area contributed by atoms with Crippen molar-refractivity contribution in [1.82, 2.24) is 5.32 Å². The summed E-state index contributed by atoms with van der Waals surface area (Å²) in [5.74, 6) is 0. The van der Waals surface area contributed by atoms with Crippen LogP contribution in [0, 0.1) is 0 Å². The molecule has 21 heavy (non-hydrogen) atoms. The number of aliphatic hydroxyl groups is 1. The van der Waals surface area contributed by atoms with Crippen LogP contribution in [0.4, 0.5) is 5.69 Å². The predicted molar refractivity (Wildman–Crippen MR) is 89.8 cm³/mol. The zero-order chi connectivity index (χ0) is 15.1. The SMILES string of the molecule is COCCNCc1ccc(Br)cc1N1CCCCC1CO. The van der Waals surface area contributed by atoms with Crippen molar-refractivity contribution >= 4 is 21.6 Å². The van der Waals surface area contributed by atoms with E-state index in [4.69, 9.17) is 4.74 Å². The fourth-order valence-corrected chi connectivity index (χ4v) is 3.21. The van der Waals surface area contributed by atoms with Gasteiger partial charge in [0.05, 0.1) is 19.3 Å². The first-order chi connectivity index (χ1) is 10.3. The minimum atomic E-state index is 0.225. The summed E-state index contributed by atoms with van der Waals surface area (Å²) >= 11 is 3.57. The molecule has 0 bridgehead atoms. The molecule has 1 aromatic rings. The number of anilines is 1. The molecule has 1 saturated heterocycles. The lowest BCUT2D eigenvalue weighted by atomic mass is 10.00. The third kappa shape index (κ3) is 4.68. The van der Waals surface area contributed by atoms with Crippen molar-refractivity contribution in [2.75, 3.05) is 38.3 Å². The Morgan fingerprint density at radius 3 is 3.05 bits per heavy atom. The van der Waals surface area contributed by atoms with E-state index in [2.05, 4.69) is 44.3 Å². The highest BCUT2D eigenvalue weighted by Crippen LogP contribution is 2.30. The minimum Gasteiger partial charge on any atom is -0.394 e. The van der Waals surface area contributed by atoms with Gasteiger partial charge in [-0.15, -0.1) is 0 Å². The largest absolute Gasteiger partial charge is 0.394 e. The molecule has 1 unspecified atom stereocenters. The summed E-state index contributed by atoms with van der Waals surface area (Å²) in [5.41, 5.74) is 2.50. The zero-order valence-electron chi connectivity index (χ0n) is 12.6.